The van der Waals surface area contributed by atoms with Crippen molar-refractivity contribution in [3.63, 3.8) is 0 Å². The minimum absolute atomic E-state index is 0.0678. The molecule has 2 unspecified atom stereocenters. The molecule has 128 valence electrons. The maximum absolute atomic E-state index is 12.6. The van der Waals surface area contributed by atoms with Gasteiger partial charge >= 0.3 is 0 Å². The predicted molar refractivity (Wildman–Crippen MR) is 89.0 cm³/mol. The fraction of sp³-hybridized carbons (Fsp3) is 0.929. The molecule has 2 aliphatic rings. The number of carbonyl (C=O) groups excluding carboxylic acids is 1. The van der Waals surface area contributed by atoms with Gasteiger partial charge in [0.1, 0.15) is 0 Å². The smallest absolute Gasteiger partial charge is 0.224 e. The van der Waals surface area contributed by atoms with Gasteiger partial charge in [-0.25, -0.2) is 8.42 Å². The van der Waals surface area contributed by atoms with E-state index < -0.39 is 9.84 Å². The Morgan fingerprint density at radius 1 is 1.45 bits per heavy atom. The molecule has 2 atom stereocenters. The standard InChI is InChI=1S/C14H26N2O4S2/c1-20-6-2-5-16(13-3-8-22(18,19)11-13)14(17)9-12-10-21-7-4-15-12/h12-13,15H,2-11H2,1H3. The van der Waals surface area contributed by atoms with E-state index in [1.165, 1.54) is 0 Å². The van der Waals surface area contributed by atoms with Gasteiger partial charge in [0.25, 0.3) is 0 Å². The molecule has 1 N–H and O–H groups in total. The van der Waals surface area contributed by atoms with Crippen LogP contribution < -0.4 is 5.32 Å². The lowest BCUT2D eigenvalue weighted by Gasteiger charge is -2.31. The summed E-state index contributed by atoms with van der Waals surface area (Å²) in [5, 5.41) is 3.37. The van der Waals surface area contributed by atoms with Crippen LogP contribution in [0.4, 0.5) is 0 Å². The van der Waals surface area contributed by atoms with Crippen LogP contribution in [0.5, 0.6) is 0 Å². The maximum Gasteiger partial charge on any atom is 0.224 e. The van der Waals surface area contributed by atoms with Crippen LogP contribution in [-0.2, 0) is 19.4 Å². The summed E-state index contributed by atoms with van der Waals surface area (Å²) in [5.74, 6) is 2.41. The second-order valence-corrected chi connectivity index (χ2v) is 9.30. The molecule has 2 aliphatic heterocycles. The van der Waals surface area contributed by atoms with E-state index in [0.717, 1.165) is 24.5 Å². The van der Waals surface area contributed by atoms with Gasteiger partial charge in [-0.15, -0.1) is 0 Å². The van der Waals surface area contributed by atoms with Gasteiger partial charge in [0.15, 0.2) is 9.84 Å². The first-order chi connectivity index (χ1) is 10.5. The number of nitrogens with one attached hydrogen (secondary N) is 1. The highest BCUT2D eigenvalue weighted by Crippen LogP contribution is 2.20. The number of amides is 1. The van der Waals surface area contributed by atoms with E-state index in [2.05, 4.69) is 5.32 Å². The molecule has 0 aliphatic carbocycles. The van der Waals surface area contributed by atoms with Crippen LogP contribution in [0.1, 0.15) is 19.3 Å². The molecule has 8 heteroatoms. The second-order valence-electron chi connectivity index (χ2n) is 5.92. The van der Waals surface area contributed by atoms with Crippen molar-refractivity contribution >= 4 is 27.5 Å². The number of nitrogens with zero attached hydrogens (tertiary/aromatic N) is 1. The zero-order chi connectivity index (χ0) is 16.0. The lowest BCUT2D eigenvalue weighted by Crippen LogP contribution is -2.46. The van der Waals surface area contributed by atoms with Gasteiger partial charge < -0.3 is 15.0 Å². The average molecular weight is 351 g/mol. The van der Waals surface area contributed by atoms with Crippen molar-refractivity contribution in [2.24, 2.45) is 0 Å². The van der Waals surface area contributed by atoms with Gasteiger partial charge in [0.2, 0.25) is 5.91 Å². The summed E-state index contributed by atoms with van der Waals surface area (Å²) < 4.78 is 28.5. The summed E-state index contributed by atoms with van der Waals surface area (Å²) in [4.78, 5) is 14.4. The lowest BCUT2D eigenvalue weighted by molar-refractivity contribution is -0.133. The number of hydrogen-bond acceptors (Lipinski definition) is 6. The minimum atomic E-state index is -2.98. The van der Waals surface area contributed by atoms with E-state index in [1.807, 2.05) is 11.8 Å². The van der Waals surface area contributed by atoms with Crippen LogP contribution in [0.2, 0.25) is 0 Å². The van der Waals surface area contributed by atoms with Crippen molar-refractivity contribution in [1.29, 1.82) is 0 Å². The first kappa shape index (κ1) is 18.0. The molecule has 6 nitrogen and oxygen atoms in total. The fourth-order valence-corrected chi connectivity index (χ4v) is 5.67. The molecule has 0 aromatic carbocycles. The molecule has 0 aromatic rings. The first-order valence-electron chi connectivity index (χ1n) is 7.82. The SMILES string of the molecule is COCCCN(C(=O)CC1CSCCN1)C1CCS(=O)(=O)C1. The van der Waals surface area contributed by atoms with Gasteiger partial charge in [-0.1, -0.05) is 0 Å². The third-order valence-electron chi connectivity index (χ3n) is 4.14. The molecule has 2 heterocycles. The maximum atomic E-state index is 12.6. The van der Waals surface area contributed by atoms with Gasteiger partial charge in [-0.2, -0.15) is 11.8 Å². The summed E-state index contributed by atoms with van der Waals surface area (Å²) in [6, 6.07) is 0.0415. The van der Waals surface area contributed by atoms with E-state index >= 15 is 0 Å². The van der Waals surface area contributed by atoms with Crippen LogP contribution in [-0.4, -0.2) is 81.1 Å². The molecule has 1 amide bonds. The van der Waals surface area contributed by atoms with Crippen molar-refractivity contribution in [3.8, 4) is 0 Å². The molecule has 22 heavy (non-hydrogen) atoms. The van der Waals surface area contributed by atoms with Crippen molar-refractivity contribution in [1.82, 2.24) is 10.2 Å². The molecule has 0 aromatic heterocycles. The molecule has 0 saturated carbocycles. The van der Waals surface area contributed by atoms with Crippen molar-refractivity contribution in [3.05, 3.63) is 0 Å². The Morgan fingerprint density at radius 2 is 2.27 bits per heavy atom. The zero-order valence-electron chi connectivity index (χ0n) is 13.1. The topological polar surface area (TPSA) is 75.7 Å². The zero-order valence-corrected chi connectivity index (χ0v) is 14.8. The monoisotopic (exact) mass is 350 g/mol. The van der Waals surface area contributed by atoms with E-state index in [9.17, 15) is 13.2 Å². The van der Waals surface area contributed by atoms with Crippen molar-refractivity contribution in [2.75, 3.05) is 49.8 Å². The summed E-state index contributed by atoms with van der Waals surface area (Å²) in [7, 11) is -1.35. The van der Waals surface area contributed by atoms with E-state index in [-0.39, 0.29) is 29.5 Å². The Bertz CT molecular complexity index is 463. The average Bonchev–Trinajstić information content (AvgIpc) is 2.84. The molecular weight excluding hydrogens is 324 g/mol. The molecule has 2 fully saturated rings. The molecule has 0 bridgehead atoms. The minimum Gasteiger partial charge on any atom is -0.385 e. The Kier molecular flexibility index (Phi) is 6.98. The first-order valence-corrected chi connectivity index (χ1v) is 10.8. The molecular formula is C14H26N2O4S2. The highest BCUT2D eigenvalue weighted by molar-refractivity contribution is 7.99. The Labute approximate surface area is 137 Å². The number of methoxy groups -OCH3 is 1. The highest BCUT2D eigenvalue weighted by atomic mass is 32.2. The number of thioether (sulfide) groups is 1. The largest absolute Gasteiger partial charge is 0.385 e. The van der Waals surface area contributed by atoms with Crippen molar-refractivity contribution < 1.29 is 17.9 Å². The summed E-state index contributed by atoms with van der Waals surface area (Å²) in [6.07, 6.45) is 1.76. The van der Waals surface area contributed by atoms with Gasteiger partial charge in [0, 0.05) is 56.8 Å². The van der Waals surface area contributed by atoms with Crippen LogP contribution in [0.15, 0.2) is 0 Å². The van der Waals surface area contributed by atoms with Gasteiger partial charge in [0.05, 0.1) is 11.5 Å². The molecule has 2 rings (SSSR count). The van der Waals surface area contributed by atoms with Crippen LogP contribution in [0, 0.1) is 0 Å². The molecule has 0 radical (unpaired) electrons. The van der Waals surface area contributed by atoms with Crippen molar-refractivity contribution in [2.45, 2.75) is 31.3 Å². The third-order valence-corrected chi connectivity index (χ3v) is 7.02. The number of sulfone groups is 1. The lowest BCUT2D eigenvalue weighted by atomic mass is 10.1. The summed E-state index contributed by atoms with van der Waals surface area (Å²) in [6.45, 7) is 2.09. The number of rotatable bonds is 7. The van der Waals surface area contributed by atoms with E-state index in [0.29, 0.717) is 26.0 Å². The van der Waals surface area contributed by atoms with Gasteiger partial charge in [-0.3, -0.25) is 4.79 Å². The number of hydrogen-bond donors (Lipinski definition) is 1. The summed E-state index contributed by atoms with van der Waals surface area (Å²) >= 11 is 1.86. The number of carbonyl (C=O) groups is 1. The fourth-order valence-electron chi connectivity index (χ4n) is 2.99. The van der Waals surface area contributed by atoms with Gasteiger partial charge in [-0.05, 0) is 12.8 Å². The van der Waals surface area contributed by atoms with Crippen LogP contribution >= 0.6 is 11.8 Å². The van der Waals surface area contributed by atoms with Crippen LogP contribution in [0.25, 0.3) is 0 Å². The Hall–Kier alpha value is -0.310. The second kappa shape index (κ2) is 8.52. The highest BCUT2D eigenvalue weighted by Gasteiger charge is 2.35. The number of ether oxygens (including phenoxy) is 1. The quantitative estimate of drug-likeness (QED) is 0.658. The Balaban J connectivity index is 1.94. The predicted octanol–water partition coefficient (Wildman–Crippen LogP) is 0.134. The van der Waals surface area contributed by atoms with E-state index in [1.54, 1.807) is 12.0 Å². The Morgan fingerprint density at radius 3 is 2.86 bits per heavy atom. The van der Waals surface area contributed by atoms with Crippen LogP contribution in [0.3, 0.4) is 0 Å². The normalized spacial score (nSPS) is 27.7. The molecule has 2 saturated heterocycles. The van der Waals surface area contributed by atoms with E-state index in [4.69, 9.17) is 4.74 Å². The summed E-state index contributed by atoms with van der Waals surface area (Å²) in [5.41, 5.74) is 0. The molecule has 0 spiro atoms. The third kappa shape index (κ3) is 5.40.